The number of rotatable bonds is 9. The molecule has 2 aromatic rings. The fourth-order valence-corrected chi connectivity index (χ4v) is 2.94. The molecule has 0 unspecified atom stereocenters. The van der Waals surface area contributed by atoms with Crippen molar-refractivity contribution in [1.82, 2.24) is 0 Å². The minimum absolute atomic E-state index is 0.215. The van der Waals surface area contributed by atoms with Crippen LogP contribution < -0.4 is 4.74 Å². The fourth-order valence-electron chi connectivity index (χ4n) is 2.94. The molecule has 0 fully saturated rings. The van der Waals surface area contributed by atoms with Gasteiger partial charge in [0.2, 0.25) is 0 Å². The smallest absolute Gasteiger partial charge is 0.344 e. The number of benzene rings is 2. The van der Waals surface area contributed by atoms with Crippen LogP contribution in [0.2, 0.25) is 0 Å². The van der Waals surface area contributed by atoms with E-state index >= 15 is 0 Å². The predicted molar refractivity (Wildman–Crippen MR) is 106 cm³/mol. The van der Waals surface area contributed by atoms with E-state index in [0.717, 1.165) is 30.4 Å². The average molecular weight is 368 g/mol. The third-order valence-electron chi connectivity index (χ3n) is 4.25. The summed E-state index contributed by atoms with van der Waals surface area (Å²) in [6.45, 7) is 6.41. The van der Waals surface area contributed by atoms with Crippen LogP contribution >= 0.6 is 0 Å². The van der Waals surface area contributed by atoms with Crippen LogP contribution in [-0.2, 0) is 4.74 Å². The minimum Gasteiger partial charge on any atom is -0.462 e. The van der Waals surface area contributed by atoms with Crippen LogP contribution in [0.25, 0.3) is 0 Å². The predicted octanol–water partition coefficient (Wildman–Crippen LogP) is 5.65. The number of ether oxygens (including phenoxy) is 2. The Morgan fingerprint density at radius 3 is 2.04 bits per heavy atom. The van der Waals surface area contributed by atoms with E-state index < -0.39 is 11.9 Å². The zero-order valence-electron chi connectivity index (χ0n) is 16.4. The van der Waals surface area contributed by atoms with Gasteiger partial charge in [0, 0.05) is 0 Å². The molecule has 0 saturated heterocycles. The molecule has 0 saturated carbocycles. The Balaban J connectivity index is 2.01. The third kappa shape index (κ3) is 6.55. The number of aryl methyl sites for hydroxylation is 2. The second-order valence-corrected chi connectivity index (χ2v) is 6.81. The molecule has 4 nitrogen and oxygen atoms in total. The molecule has 144 valence electrons. The van der Waals surface area contributed by atoms with Crippen molar-refractivity contribution >= 4 is 11.9 Å². The maximum atomic E-state index is 12.6. The quantitative estimate of drug-likeness (QED) is 0.326. The molecule has 0 heterocycles. The van der Waals surface area contributed by atoms with Gasteiger partial charge in [-0.05, 0) is 55.7 Å². The van der Waals surface area contributed by atoms with E-state index in [1.54, 1.807) is 36.4 Å². The van der Waals surface area contributed by atoms with Crippen molar-refractivity contribution in [3.8, 4) is 5.75 Å². The molecule has 2 rings (SSSR count). The molecule has 0 aromatic heterocycles. The first-order valence-electron chi connectivity index (χ1n) is 9.58. The highest BCUT2D eigenvalue weighted by Crippen LogP contribution is 2.19. The van der Waals surface area contributed by atoms with Gasteiger partial charge in [-0.1, -0.05) is 50.8 Å². The van der Waals surface area contributed by atoms with E-state index in [4.69, 9.17) is 9.47 Å². The van der Waals surface area contributed by atoms with Gasteiger partial charge in [0.25, 0.3) is 0 Å². The normalized spacial score (nSPS) is 10.5. The second kappa shape index (κ2) is 10.5. The monoisotopic (exact) mass is 368 g/mol. The third-order valence-corrected chi connectivity index (χ3v) is 4.25. The Morgan fingerprint density at radius 1 is 0.815 bits per heavy atom. The topological polar surface area (TPSA) is 52.6 Å². The molecule has 0 amide bonds. The lowest BCUT2D eigenvalue weighted by molar-refractivity contribution is 0.0489. The summed E-state index contributed by atoms with van der Waals surface area (Å²) in [6.07, 6.45) is 5.39. The maximum absolute atomic E-state index is 12.6. The highest BCUT2D eigenvalue weighted by Gasteiger charge is 2.19. The van der Waals surface area contributed by atoms with Gasteiger partial charge in [-0.25, -0.2) is 9.59 Å². The summed E-state index contributed by atoms with van der Waals surface area (Å²) in [5.41, 5.74) is 2.47. The Labute approximate surface area is 161 Å². The molecule has 0 aliphatic carbocycles. The summed E-state index contributed by atoms with van der Waals surface area (Å²) in [6, 6.07) is 12.2. The number of carbonyl (C=O) groups is 2. The first-order valence-corrected chi connectivity index (χ1v) is 9.58. The van der Waals surface area contributed by atoms with Crippen LogP contribution in [0.5, 0.6) is 5.75 Å². The lowest BCUT2D eigenvalue weighted by atomic mass is 10.1. The zero-order valence-corrected chi connectivity index (χ0v) is 16.4. The molecule has 0 aliphatic rings. The van der Waals surface area contributed by atoms with Crippen LogP contribution in [0.1, 0.15) is 70.9 Å². The molecule has 2 aromatic carbocycles. The van der Waals surface area contributed by atoms with Gasteiger partial charge >= 0.3 is 11.9 Å². The number of unbranched alkanes of at least 4 members (excludes halogenated alkanes) is 4. The van der Waals surface area contributed by atoms with E-state index in [1.807, 2.05) is 19.9 Å². The van der Waals surface area contributed by atoms with Gasteiger partial charge in [-0.3, -0.25) is 0 Å². The summed E-state index contributed by atoms with van der Waals surface area (Å²) >= 11 is 0. The molecule has 27 heavy (non-hydrogen) atoms. The van der Waals surface area contributed by atoms with E-state index in [-0.39, 0.29) is 11.1 Å². The first kappa shape index (κ1) is 20.7. The van der Waals surface area contributed by atoms with Gasteiger partial charge in [0.1, 0.15) is 5.75 Å². The van der Waals surface area contributed by atoms with Crippen LogP contribution in [0.3, 0.4) is 0 Å². The van der Waals surface area contributed by atoms with Crippen LogP contribution in [-0.4, -0.2) is 18.5 Å². The van der Waals surface area contributed by atoms with E-state index in [1.165, 1.54) is 12.8 Å². The number of esters is 2. The number of carbonyl (C=O) groups excluding carboxylic acids is 2. The molecule has 0 aliphatic heterocycles. The van der Waals surface area contributed by atoms with Crippen molar-refractivity contribution in [3.05, 3.63) is 64.7 Å². The molecule has 0 bridgehead atoms. The van der Waals surface area contributed by atoms with Crippen molar-refractivity contribution in [3.63, 3.8) is 0 Å². The molecule has 4 heteroatoms. The summed E-state index contributed by atoms with van der Waals surface area (Å²) in [5, 5.41) is 0. The zero-order chi connectivity index (χ0) is 19.6. The molecule has 0 atom stereocenters. The largest absolute Gasteiger partial charge is 0.462 e. The molecular weight excluding hydrogens is 340 g/mol. The minimum atomic E-state index is -0.560. The Morgan fingerprint density at radius 2 is 1.41 bits per heavy atom. The van der Waals surface area contributed by atoms with Crippen LogP contribution in [0.15, 0.2) is 42.5 Å². The lowest BCUT2D eigenvalue weighted by Gasteiger charge is -2.10. The van der Waals surface area contributed by atoms with Gasteiger partial charge in [0.15, 0.2) is 0 Å². The molecule has 0 radical (unpaired) electrons. The standard InChI is InChI=1S/C23H28O4/c1-4-5-6-7-10-13-26-22(24)20-11-8-9-12-21(20)23(25)27-19-15-17(2)14-18(3)16-19/h8-9,11-12,14-16H,4-7,10,13H2,1-3H3. The van der Waals surface area contributed by atoms with Crippen molar-refractivity contribution in [2.24, 2.45) is 0 Å². The molecule has 0 N–H and O–H groups in total. The lowest BCUT2D eigenvalue weighted by Crippen LogP contribution is -2.16. The molecular formula is C23H28O4. The highest BCUT2D eigenvalue weighted by molar-refractivity contribution is 6.03. The first-order chi connectivity index (χ1) is 13.0. The Hall–Kier alpha value is -2.62. The van der Waals surface area contributed by atoms with E-state index in [0.29, 0.717) is 12.4 Å². The number of hydrogen-bond acceptors (Lipinski definition) is 4. The van der Waals surface area contributed by atoms with Gasteiger partial charge < -0.3 is 9.47 Å². The fraction of sp³-hybridized carbons (Fsp3) is 0.391. The van der Waals surface area contributed by atoms with Crippen molar-refractivity contribution in [2.75, 3.05) is 6.61 Å². The SMILES string of the molecule is CCCCCCCOC(=O)c1ccccc1C(=O)Oc1cc(C)cc(C)c1. The van der Waals surface area contributed by atoms with E-state index in [2.05, 4.69) is 6.92 Å². The number of hydrogen-bond donors (Lipinski definition) is 0. The van der Waals surface area contributed by atoms with Gasteiger partial charge in [-0.15, -0.1) is 0 Å². The summed E-state index contributed by atoms with van der Waals surface area (Å²) in [7, 11) is 0. The summed E-state index contributed by atoms with van der Waals surface area (Å²) in [4.78, 5) is 25.0. The van der Waals surface area contributed by atoms with Crippen LogP contribution in [0, 0.1) is 13.8 Å². The van der Waals surface area contributed by atoms with Crippen molar-refractivity contribution in [2.45, 2.75) is 52.9 Å². The second-order valence-electron chi connectivity index (χ2n) is 6.81. The van der Waals surface area contributed by atoms with E-state index in [9.17, 15) is 9.59 Å². The summed E-state index contributed by atoms with van der Waals surface area (Å²) < 4.78 is 10.8. The molecule has 0 spiro atoms. The Bertz CT molecular complexity index is 759. The maximum Gasteiger partial charge on any atom is 0.344 e. The van der Waals surface area contributed by atoms with Crippen LogP contribution in [0.4, 0.5) is 0 Å². The van der Waals surface area contributed by atoms with Crippen molar-refractivity contribution < 1.29 is 19.1 Å². The van der Waals surface area contributed by atoms with Gasteiger partial charge in [0.05, 0.1) is 17.7 Å². The van der Waals surface area contributed by atoms with Gasteiger partial charge in [-0.2, -0.15) is 0 Å². The van der Waals surface area contributed by atoms with Crippen molar-refractivity contribution in [1.29, 1.82) is 0 Å². The highest BCUT2D eigenvalue weighted by atomic mass is 16.5. The average Bonchev–Trinajstić information content (AvgIpc) is 2.63. The summed E-state index contributed by atoms with van der Waals surface area (Å²) in [5.74, 6) is -0.578. The Kier molecular flexibility index (Phi) is 8.05.